The molecule has 0 aliphatic heterocycles. The summed E-state index contributed by atoms with van der Waals surface area (Å²) in [5.41, 5.74) is 4.75. The number of hydrogen-bond acceptors (Lipinski definition) is 5. The highest BCUT2D eigenvalue weighted by molar-refractivity contribution is 6.30. The van der Waals surface area contributed by atoms with Crippen LogP contribution in [0.15, 0.2) is 59.4 Å². The molecule has 3 rings (SSSR count). The minimum Gasteiger partial charge on any atom is -0.394 e. The molecule has 0 saturated heterocycles. The number of aliphatic hydroxyl groups is 1. The summed E-state index contributed by atoms with van der Waals surface area (Å²) in [4.78, 5) is 36.9. The number of nitrogens with zero attached hydrogens (tertiary/aromatic N) is 2. The van der Waals surface area contributed by atoms with E-state index in [0.29, 0.717) is 10.6 Å². The summed E-state index contributed by atoms with van der Waals surface area (Å²) in [5.74, 6) is -2.51. The molecule has 0 aliphatic carbocycles. The fourth-order valence-corrected chi connectivity index (χ4v) is 2.77. The van der Waals surface area contributed by atoms with Crippen molar-refractivity contribution in [1.82, 2.24) is 15.1 Å². The van der Waals surface area contributed by atoms with Crippen molar-refractivity contribution < 1.29 is 19.1 Å². The number of hydrogen-bond donors (Lipinski definition) is 3. The van der Waals surface area contributed by atoms with E-state index in [2.05, 4.69) is 10.4 Å². The SMILES string of the molecule is NC(=O)C(CO)NC(=O)c1cc(-c2ccc(Cl)cc2)nn(-c2cccc(F)c2)c1=O. The highest BCUT2D eigenvalue weighted by Gasteiger charge is 2.22. The third-order valence-electron chi connectivity index (χ3n) is 4.18. The minimum atomic E-state index is -1.38. The number of halogens is 2. The van der Waals surface area contributed by atoms with Crippen LogP contribution in [0, 0.1) is 5.82 Å². The van der Waals surface area contributed by atoms with Crippen LogP contribution in [0.4, 0.5) is 4.39 Å². The molecule has 154 valence electrons. The van der Waals surface area contributed by atoms with Crippen LogP contribution in [0.5, 0.6) is 0 Å². The van der Waals surface area contributed by atoms with Gasteiger partial charge >= 0.3 is 0 Å². The van der Waals surface area contributed by atoms with Crippen molar-refractivity contribution >= 4 is 23.4 Å². The summed E-state index contributed by atoms with van der Waals surface area (Å²) in [6.07, 6.45) is 0. The second-order valence-corrected chi connectivity index (χ2v) is 6.69. The molecule has 0 fully saturated rings. The highest BCUT2D eigenvalue weighted by atomic mass is 35.5. The predicted molar refractivity (Wildman–Crippen MR) is 108 cm³/mol. The first-order valence-corrected chi connectivity index (χ1v) is 9.05. The first-order valence-electron chi connectivity index (χ1n) is 8.67. The van der Waals surface area contributed by atoms with E-state index in [1.165, 1.54) is 24.3 Å². The van der Waals surface area contributed by atoms with Gasteiger partial charge in [0, 0.05) is 10.6 Å². The van der Waals surface area contributed by atoms with Gasteiger partial charge in [-0.3, -0.25) is 14.4 Å². The molecule has 1 unspecified atom stereocenters. The van der Waals surface area contributed by atoms with Gasteiger partial charge in [0.1, 0.15) is 17.4 Å². The zero-order chi connectivity index (χ0) is 21.8. The number of carbonyl (C=O) groups is 2. The maximum atomic E-state index is 13.7. The molecule has 0 bridgehead atoms. The van der Waals surface area contributed by atoms with Gasteiger partial charge in [0.15, 0.2) is 0 Å². The quantitative estimate of drug-likeness (QED) is 0.542. The molecule has 1 atom stereocenters. The number of rotatable bonds is 6. The Morgan fingerprint density at radius 2 is 1.90 bits per heavy atom. The van der Waals surface area contributed by atoms with Gasteiger partial charge in [0.25, 0.3) is 11.5 Å². The van der Waals surface area contributed by atoms with Crippen LogP contribution in [0.25, 0.3) is 16.9 Å². The Morgan fingerprint density at radius 3 is 2.50 bits per heavy atom. The number of nitrogens with two attached hydrogens (primary N) is 1. The van der Waals surface area contributed by atoms with Crippen molar-refractivity contribution in [3.8, 4) is 16.9 Å². The molecule has 2 aromatic carbocycles. The van der Waals surface area contributed by atoms with E-state index < -0.39 is 35.8 Å². The van der Waals surface area contributed by atoms with Gasteiger partial charge in [-0.1, -0.05) is 29.8 Å². The molecule has 0 radical (unpaired) electrons. The number of primary amides is 1. The van der Waals surface area contributed by atoms with Crippen LogP contribution in [0.3, 0.4) is 0 Å². The maximum absolute atomic E-state index is 13.7. The second kappa shape index (κ2) is 8.85. The van der Waals surface area contributed by atoms with Crippen LogP contribution in [-0.2, 0) is 4.79 Å². The van der Waals surface area contributed by atoms with E-state index in [0.717, 1.165) is 10.7 Å². The average molecular weight is 431 g/mol. The van der Waals surface area contributed by atoms with Crippen LogP contribution in [0.2, 0.25) is 5.02 Å². The van der Waals surface area contributed by atoms with Crippen molar-refractivity contribution in [3.63, 3.8) is 0 Å². The summed E-state index contributed by atoms with van der Waals surface area (Å²) >= 11 is 5.90. The molecule has 30 heavy (non-hydrogen) atoms. The Kier molecular flexibility index (Phi) is 6.24. The van der Waals surface area contributed by atoms with Crippen LogP contribution < -0.4 is 16.6 Å². The Hall–Kier alpha value is -3.56. The van der Waals surface area contributed by atoms with E-state index >= 15 is 0 Å². The van der Waals surface area contributed by atoms with Gasteiger partial charge in [0.2, 0.25) is 5.91 Å². The maximum Gasteiger partial charge on any atom is 0.284 e. The number of aliphatic hydroxyl groups excluding tert-OH is 1. The van der Waals surface area contributed by atoms with Crippen molar-refractivity contribution in [3.05, 3.63) is 81.4 Å². The van der Waals surface area contributed by atoms with Gasteiger partial charge < -0.3 is 16.2 Å². The average Bonchev–Trinajstić information content (AvgIpc) is 2.72. The lowest BCUT2D eigenvalue weighted by atomic mass is 10.1. The van der Waals surface area contributed by atoms with E-state index in [-0.39, 0.29) is 16.9 Å². The van der Waals surface area contributed by atoms with Crippen molar-refractivity contribution in [2.45, 2.75) is 6.04 Å². The van der Waals surface area contributed by atoms with E-state index in [1.807, 2.05) is 0 Å². The summed E-state index contributed by atoms with van der Waals surface area (Å²) in [5, 5.41) is 16.1. The topological polar surface area (TPSA) is 127 Å². The summed E-state index contributed by atoms with van der Waals surface area (Å²) in [6, 6.07) is 11.4. The standard InChI is InChI=1S/C20H16ClFN4O4/c21-12-6-4-11(5-7-12)16-9-15(19(29)24-17(10-27)18(23)28)20(30)26(25-16)14-3-1-2-13(22)8-14/h1-9,17,27H,10H2,(H2,23,28)(H,24,29). The van der Waals surface area contributed by atoms with Gasteiger partial charge in [-0.05, 0) is 36.4 Å². The lowest BCUT2D eigenvalue weighted by Crippen LogP contribution is -2.48. The highest BCUT2D eigenvalue weighted by Crippen LogP contribution is 2.20. The van der Waals surface area contributed by atoms with E-state index in [4.69, 9.17) is 17.3 Å². The fraction of sp³-hybridized carbons (Fsp3) is 0.100. The Bertz CT molecular complexity index is 1160. The molecule has 8 nitrogen and oxygen atoms in total. The van der Waals surface area contributed by atoms with Crippen LogP contribution in [0.1, 0.15) is 10.4 Å². The largest absolute Gasteiger partial charge is 0.394 e. The number of amides is 2. The van der Waals surface area contributed by atoms with Crippen molar-refractivity contribution in [1.29, 1.82) is 0 Å². The number of aromatic nitrogens is 2. The molecule has 4 N–H and O–H groups in total. The molecule has 0 spiro atoms. The van der Waals surface area contributed by atoms with Gasteiger partial charge in [-0.2, -0.15) is 9.78 Å². The Labute approximate surface area is 174 Å². The number of nitrogens with one attached hydrogen (secondary N) is 1. The smallest absolute Gasteiger partial charge is 0.284 e. The first-order chi connectivity index (χ1) is 14.3. The lowest BCUT2D eigenvalue weighted by molar-refractivity contribution is -0.120. The lowest BCUT2D eigenvalue weighted by Gasteiger charge is -2.14. The number of benzene rings is 2. The molecule has 0 saturated carbocycles. The molecule has 1 heterocycles. The normalized spacial score (nSPS) is 11.7. The first kappa shape index (κ1) is 21.2. The molecular weight excluding hydrogens is 415 g/mol. The molecular formula is C20H16ClFN4O4. The molecule has 0 aliphatic rings. The van der Waals surface area contributed by atoms with Crippen LogP contribution in [-0.4, -0.2) is 39.4 Å². The van der Waals surface area contributed by atoms with E-state index in [1.54, 1.807) is 24.3 Å². The minimum absolute atomic E-state index is 0.0958. The monoisotopic (exact) mass is 430 g/mol. The fourth-order valence-electron chi connectivity index (χ4n) is 2.64. The molecule has 3 aromatic rings. The molecule has 2 amide bonds. The summed E-state index contributed by atoms with van der Waals surface area (Å²) in [6.45, 7) is -0.742. The summed E-state index contributed by atoms with van der Waals surface area (Å²) < 4.78 is 14.6. The number of carbonyl (C=O) groups excluding carboxylic acids is 2. The Balaban J connectivity index is 2.18. The second-order valence-electron chi connectivity index (χ2n) is 6.26. The third kappa shape index (κ3) is 4.53. The zero-order valence-electron chi connectivity index (χ0n) is 15.4. The van der Waals surface area contributed by atoms with Gasteiger partial charge in [0.05, 0.1) is 18.0 Å². The molecule has 1 aromatic heterocycles. The zero-order valence-corrected chi connectivity index (χ0v) is 16.1. The van der Waals surface area contributed by atoms with E-state index in [9.17, 15) is 23.9 Å². The third-order valence-corrected chi connectivity index (χ3v) is 4.43. The van der Waals surface area contributed by atoms with Gasteiger partial charge in [-0.15, -0.1) is 0 Å². The molecule has 10 heteroatoms. The van der Waals surface area contributed by atoms with Gasteiger partial charge in [-0.25, -0.2) is 4.39 Å². The van der Waals surface area contributed by atoms with Crippen molar-refractivity contribution in [2.75, 3.05) is 6.61 Å². The van der Waals surface area contributed by atoms with Crippen molar-refractivity contribution in [2.24, 2.45) is 5.73 Å². The Morgan fingerprint density at radius 1 is 1.20 bits per heavy atom. The summed E-state index contributed by atoms with van der Waals surface area (Å²) in [7, 11) is 0. The predicted octanol–water partition coefficient (Wildman–Crippen LogP) is 1.27. The van der Waals surface area contributed by atoms with Crippen LogP contribution >= 0.6 is 11.6 Å².